The molecule has 0 spiro atoms. The Morgan fingerprint density at radius 1 is 1.18 bits per heavy atom. The minimum Gasteiger partial charge on any atom is -0.539 e. The van der Waals surface area contributed by atoms with Crippen molar-refractivity contribution in [3.63, 3.8) is 0 Å². The fourth-order valence-corrected chi connectivity index (χ4v) is 2.60. The molecule has 1 rings (SSSR count). The van der Waals surface area contributed by atoms with Crippen LogP contribution in [-0.4, -0.2) is 28.8 Å². The highest BCUT2D eigenvalue weighted by Crippen LogP contribution is 2.45. The third-order valence-corrected chi connectivity index (χ3v) is 8.23. The number of carbonyl (C=O) groups is 1. The number of carbonyl (C=O) groups excluding carboxylic acids is 1. The molecule has 1 aromatic carbocycles. The first-order chi connectivity index (χ1) is 11.3. The topological polar surface area (TPSA) is 44.8 Å². The summed E-state index contributed by atoms with van der Waals surface area (Å²) in [5.41, 5.74) is 0.575. The van der Waals surface area contributed by atoms with E-state index in [-0.39, 0.29) is 16.5 Å². The zero-order chi connectivity index (χ0) is 19.5. The minimum atomic E-state index is -2.64. The predicted molar refractivity (Wildman–Crippen MR) is 92.5 cm³/mol. The van der Waals surface area contributed by atoms with Gasteiger partial charge >= 0.3 is 0 Å². The summed E-state index contributed by atoms with van der Waals surface area (Å²) in [7, 11) is -3.42. The molecule has 0 heterocycles. The van der Waals surface area contributed by atoms with E-state index in [9.17, 15) is 4.79 Å². The Balaban J connectivity index is 3.51. The molecule has 0 amide bonds. The van der Waals surface area contributed by atoms with Gasteiger partial charge in [0.2, 0.25) is 0 Å². The van der Waals surface area contributed by atoms with E-state index < -0.39 is 15.4 Å². The van der Waals surface area contributed by atoms with Gasteiger partial charge in [0.1, 0.15) is 6.29 Å². The van der Waals surface area contributed by atoms with Crippen LogP contribution in [0.4, 0.5) is 0 Å². The molecule has 4 nitrogen and oxygen atoms in total. The van der Waals surface area contributed by atoms with Crippen LogP contribution in [-0.2, 0) is 4.79 Å². The molecule has 0 radical (unpaired) electrons. The molecule has 122 valence electrons. The van der Waals surface area contributed by atoms with Crippen molar-refractivity contribution < 1.29 is 22.8 Å². The molecular formula is C17H26O4Si. The van der Waals surface area contributed by atoms with Gasteiger partial charge in [-0.25, -0.2) is 0 Å². The van der Waals surface area contributed by atoms with Crippen LogP contribution in [0.5, 0.6) is 17.2 Å². The highest BCUT2D eigenvalue weighted by atomic mass is 28.4. The number of hydrogen-bond acceptors (Lipinski definition) is 4. The van der Waals surface area contributed by atoms with E-state index in [1.165, 1.54) is 25.3 Å². The van der Waals surface area contributed by atoms with E-state index in [0.29, 0.717) is 17.6 Å². The number of benzene rings is 1. The molecule has 0 saturated heterocycles. The van der Waals surface area contributed by atoms with E-state index in [0.717, 1.165) is 0 Å². The highest BCUT2D eigenvalue weighted by Gasteiger charge is 2.40. The number of ether oxygens (including phenoxy) is 2. The molecule has 0 aliphatic carbocycles. The Morgan fingerprint density at radius 3 is 2.23 bits per heavy atom. The maximum absolute atomic E-state index is 10.6. The van der Waals surface area contributed by atoms with Gasteiger partial charge < -0.3 is 13.9 Å². The summed E-state index contributed by atoms with van der Waals surface area (Å²) in [5, 5.41) is -0.0919. The average Bonchev–Trinajstić information content (AvgIpc) is 2.44. The Bertz CT molecular complexity index is 647. The highest BCUT2D eigenvalue weighted by molar-refractivity contribution is 6.74. The van der Waals surface area contributed by atoms with Crippen molar-refractivity contribution in [2.45, 2.75) is 38.9 Å². The van der Waals surface area contributed by atoms with Crippen molar-refractivity contribution >= 4 is 20.7 Å². The van der Waals surface area contributed by atoms with Gasteiger partial charge in [-0.05, 0) is 41.9 Å². The summed E-state index contributed by atoms with van der Waals surface area (Å²) in [4.78, 5) is 10.6. The standard InChI is InChI=1S/C17H26O4Si/c1-17(2,3)22(6,7)21-16-14(19-4)11-13(9-8-10-18)12-15(16)20-5/h8-12H,1-7H3/b9-8+/i4D3. The molecule has 0 bridgehead atoms. The van der Waals surface area contributed by atoms with Crippen LogP contribution < -0.4 is 13.9 Å². The van der Waals surface area contributed by atoms with Gasteiger partial charge in [-0.3, -0.25) is 4.79 Å². The fourth-order valence-electron chi connectivity index (χ4n) is 1.58. The van der Waals surface area contributed by atoms with Crippen molar-refractivity contribution in [2.24, 2.45) is 0 Å². The van der Waals surface area contributed by atoms with E-state index >= 15 is 0 Å². The predicted octanol–water partition coefficient (Wildman–Crippen LogP) is 4.30. The van der Waals surface area contributed by atoms with Gasteiger partial charge in [0.15, 0.2) is 17.2 Å². The van der Waals surface area contributed by atoms with Crippen LogP contribution in [0.25, 0.3) is 6.08 Å². The molecule has 0 aliphatic rings. The second kappa shape index (κ2) is 7.00. The molecule has 0 aliphatic heterocycles. The van der Waals surface area contributed by atoms with E-state index in [1.54, 1.807) is 6.07 Å². The Labute approximate surface area is 138 Å². The lowest BCUT2D eigenvalue weighted by atomic mass is 10.1. The molecule has 0 fully saturated rings. The minimum absolute atomic E-state index is 0.0646. The Kier molecular flexibility index (Phi) is 4.42. The Morgan fingerprint density at radius 2 is 1.77 bits per heavy atom. The van der Waals surface area contributed by atoms with Gasteiger partial charge in [-0.1, -0.05) is 26.8 Å². The SMILES string of the molecule is [2H]C([2H])([2H])Oc1cc(/C=C/C=O)cc(OC)c1O[Si](C)(C)C(C)(C)C. The summed E-state index contributed by atoms with van der Waals surface area (Å²) in [6.07, 6.45) is 3.48. The summed E-state index contributed by atoms with van der Waals surface area (Å²) in [5.74, 6) is 0.695. The fraction of sp³-hybridized carbons (Fsp3) is 0.471. The van der Waals surface area contributed by atoms with Gasteiger partial charge in [0, 0.05) is 0 Å². The summed E-state index contributed by atoms with van der Waals surface area (Å²) >= 11 is 0. The molecule has 0 saturated carbocycles. The maximum atomic E-state index is 10.6. The smallest absolute Gasteiger partial charge is 0.250 e. The first-order valence-electron chi connectivity index (χ1n) is 8.52. The van der Waals surface area contributed by atoms with E-state index in [4.69, 9.17) is 18.0 Å². The van der Waals surface area contributed by atoms with Crippen molar-refractivity contribution in [3.05, 3.63) is 23.8 Å². The van der Waals surface area contributed by atoms with E-state index in [1.807, 2.05) is 13.1 Å². The molecule has 1 aromatic rings. The number of aldehydes is 1. The largest absolute Gasteiger partial charge is 0.539 e. The molecule has 0 unspecified atom stereocenters. The number of methoxy groups -OCH3 is 2. The lowest BCUT2D eigenvalue weighted by molar-refractivity contribution is -0.104. The van der Waals surface area contributed by atoms with Gasteiger partial charge in [-0.15, -0.1) is 0 Å². The van der Waals surface area contributed by atoms with Crippen molar-refractivity contribution in [3.8, 4) is 17.2 Å². The second-order valence-electron chi connectivity index (χ2n) is 6.51. The normalized spacial score (nSPS) is 14.9. The molecule has 0 aromatic heterocycles. The number of allylic oxidation sites excluding steroid dienone is 1. The first kappa shape index (κ1) is 13.9. The third-order valence-electron chi connectivity index (χ3n) is 3.90. The number of hydrogen-bond donors (Lipinski definition) is 0. The Hall–Kier alpha value is -1.75. The lowest BCUT2D eigenvalue weighted by Crippen LogP contribution is -2.44. The van der Waals surface area contributed by atoms with Crippen LogP contribution >= 0.6 is 0 Å². The van der Waals surface area contributed by atoms with E-state index in [2.05, 4.69) is 20.8 Å². The van der Waals surface area contributed by atoms with Crippen molar-refractivity contribution in [1.82, 2.24) is 0 Å². The van der Waals surface area contributed by atoms with Gasteiger partial charge in [-0.2, -0.15) is 0 Å². The molecule has 0 N–H and O–H groups in total. The van der Waals surface area contributed by atoms with Crippen LogP contribution in [0.3, 0.4) is 0 Å². The summed E-state index contributed by atoms with van der Waals surface area (Å²) < 4.78 is 39.0. The molecule has 5 heteroatoms. The van der Waals surface area contributed by atoms with Crippen molar-refractivity contribution in [2.75, 3.05) is 14.1 Å². The maximum Gasteiger partial charge on any atom is 0.250 e. The third kappa shape index (κ3) is 4.13. The van der Waals surface area contributed by atoms with Crippen LogP contribution in [0, 0.1) is 0 Å². The first-order valence-corrected chi connectivity index (χ1v) is 9.93. The average molecular weight is 325 g/mol. The van der Waals surface area contributed by atoms with Gasteiger partial charge in [0.05, 0.1) is 18.3 Å². The zero-order valence-corrected chi connectivity index (χ0v) is 15.0. The molecular weight excluding hydrogens is 296 g/mol. The van der Waals surface area contributed by atoms with Crippen LogP contribution in [0.1, 0.15) is 30.4 Å². The molecule has 0 atom stereocenters. The lowest BCUT2D eigenvalue weighted by Gasteiger charge is -2.37. The molecule has 22 heavy (non-hydrogen) atoms. The van der Waals surface area contributed by atoms with Crippen molar-refractivity contribution in [1.29, 1.82) is 0 Å². The quantitative estimate of drug-likeness (QED) is 0.444. The second-order valence-corrected chi connectivity index (χ2v) is 11.2. The van der Waals surface area contributed by atoms with Crippen LogP contribution in [0.15, 0.2) is 18.2 Å². The summed E-state index contributed by atoms with van der Waals surface area (Å²) in [6, 6.07) is 3.20. The zero-order valence-electron chi connectivity index (χ0n) is 17.0. The number of rotatable bonds is 6. The van der Waals surface area contributed by atoms with Gasteiger partial charge in [0.25, 0.3) is 8.32 Å². The monoisotopic (exact) mass is 325 g/mol. The van der Waals surface area contributed by atoms with Crippen LogP contribution in [0.2, 0.25) is 18.1 Å². The summed E-state index contributed by atoms with van der Waals surface area (Å²) in [6.45, 7) is 10.3.